The van der Waals surface area contributed by atoms with Gasteiger partial charge in [0.2, 0.25) is 5.78 Å². The van der Waals surface area contributed by atoms with Gasteiger partial charge in [0.15, 0.2) is 6.61 Å². The molecule has 0 amide bonds. The second-order valence-corrected chi connectivity index (χ2v) is 8.52. The number of halogens is 1. The molecule has 1 N–H and O–H groups in total. The smallest absolute Gasteiger partial charge is 0.338 e. The van der Waals surface area contributed by atoms with Gasteiger partial charge in [-0.15, -0.1) is 0 Å². The molecule has 0 radical (unpaired) electrons. The minimum Gasteiger partial charge on any atom is -0.496 e. The van der Waals surface area contributed by atoms with Gasteiger partial charge in [-0.25, -0.2) is 17.6 Å². The zero-order valence-electron chi connectivity index (χ0n) is 17.3. The Hall–Kier alpha value is -3.72. The molecule has 0 heterocycles. The molecule has 0 saturated heterocycles. The van der Waals surface area contributed by atoms with Crippen LogP contribution in [-0.4, -0.2) is 33.9 Å². The Labute approximate surface area is 184 Å². The molecule has 0 spiro atoms. The van der Waals surface area contributed by atoms with E-state index in [1.807, 2.05) is 6.92 Å². The summed E-state index contributed by atoms with van der Waals surface area (Å²) in [6, 6.07) is 15.3. The second kappa shape index (κ2) is 9.61. The van der Waals surface area contributed by atoms with Gasteiger partial charge in [0.25, 0.3) is 10.0 Å². The number of anilines is 1. The topological polar surface area (TPSA) is 98.8 Å². The number of rotatable bonds is 8. The summed E-state index contributed by atoms with van der Waals surface area (Å²) in [4.78, 5) is 24.5. The third-order valence-corrected chi connectivity index (χ3v) is 5.90. The van der Waals surface area contributed by atoms with E-state index in [0.717, 1.165) is 17.7 Å². The summed E-state index contributed by atoms with van der Waals surface area (Å²) in [5.74, 6) is -1.94. The molecule has 7 nitrogen and oxygen atoms in total. The third kappa shape index (κ3) is 5.50. The predicted octanol–water partition coefficient (Wildman–Crippen LogP) is 3.98. The normalized spacial score (nSPS) is 11.0. The fraction of sp³-hybridized carbons (Fsp3) is 0.130. The van der Waals surface area contributed by atoms with Crippen LogP contribution in [0.15, 0.2) is 71.6 Å². The first-order valence-corrected chi connectivity index (χ1v) is 10.9. The highest BCUT2D eigenvalue weighted by molar-refractivity contribution is 7.92. The van der Waals surface area contributed by atoms with E-state index in [1.165, 1.54) is 37.4 Å². The molecular weight excluding hydrogens is 437 g/mol. The number of ketones is 1. The summed E-state index contributed by atoms with van der Waals surface area (Å²) < 4.78 is 50.9. The van der Waals surface area contributed by atoms with E-state index in [9.17, 15) is 22.4 Å². The first kappa shape index (κ1) is 23.0. The molecule has 0 aromatic heterocycles. The molecule has 0 bridgehead atoms. The van der Waals surface area contributed by atoms with E-state index in [0.29, 0.717) is 5.69 Å². The SMILES string of the molecule is COc1ccc(F)cc1C(=O)COC(=O)c1ccc(S(=O)(=O)Nc2ccc(C)cc2)cc1. The van der Waals surface area contributed by atoms with Gasteiger partial charge in [-0.05, 0) is 61.5 Å². The second-order valence-electron chi connectivity index (χ2n) is 6.84. The fourth-order valence-electron chi connectivity index (χ4n) is 2.80. The fourth-order valence-corrected chi connectivity index (χ4v) is 3.85. The van der Waals surface area contributed by atoms with Gasteiger partial charge >= 0.3 is 5.97 Å². The van der Waals surface area contributed by atoms with Crippen molar-refractivity contribution in [2.45, 2.75) is 11.8 Å². The number of esters is 1. The van der Waals surface area contributed by atoms with E-state index >= 15 is 0 Å². The standard InChI is InChI=1S/C23H20FNO6S/c1-15-3-8-18(9-4-15)25-32(28,29)19-10-5-16(6-11-19)23(27)31-14-21(26)20-13-17(24)7-12-22(20)30-2/h3-13,25H,14H2,1-2H3. The molecule has 0 aliphatic heterocycles. The Balaban J connectivity index is 1.65. The Morgan fingerprint density at radius 3 is 2.25 bits per heavy atom. The quantitative estimate of drug-likeness (QED) is 0.406. The number of ether oxygens (including phenoxy) is 2. The zero-order valence-corrected chi connectivity index (χ0v) is 18.1. The number of carbonyl (C=O) groups is 2. The highest BCUT2D eigenvalue weighted by atomic mass is 32.2. The molecule has 0 atom stereocenters. The van der Waals surface area contributed by atoms with Crippen molar-refractivity contribution in [3.8, 4) is 5.75 Å². The largest absolute Gasteiger partial charge is 0.496 e. The van der Waals surface area contributed by atoms with Crippen molar-refractivity contribution in [3.63, 3.8) is 0 Å². The zero-order chi connectivity index (χ0) is 23.3. The van der Waals surface area contributed by atoms with Crippen LogP contribution in [0.3, 0.4) is 0 Å². The van der Waals surface area contributed by atoms with E-state index < -0.39 is 34.2 Å². The van der Waals surface area contributed by atoms with Crippen molar-refractivity contribution in [1.29, 1.82) is 0 Å². The summed E-state index contributed by atoms with van der Waals surface area (Å²) in [6.07, 6.45) is 0. The lowest BCUT2D eigenvalue weighted by molar-refractivity contribution is 0.0474. The van der Waals surface area contributed by atoms with Crippen LogP contribution in [0.4, 0.5) is 10.1 Å². The molecule has 166 valence electrons. The molecule has 3 aromatic rings. The molecule has 0 saturated carbocycles. The van der Waals surface area contributed by atoms with E-state index in [-0.39, 0.29) is 21.8 Å². The molecule has 32 heavy (non-hydrogen) atoms. The Kier molecular flexibility index (Phi) is 6.89. The molecule has 0 aliphatic carbocycles. The van der Waals surface area contributed by atoms with Crippen LogP contribution in [0, 0.1) is 12.7 Å². The van der Waals surface area contributed by atoms with E-state index in [2.05, 4.69) is 4.72 Å². The van der Waals surface area contributed by atoms with Crippen LogP contribution >= 0.6 is 0 Å². The monoisotopic (exact) mass is 457 g/mol. The van der Waals surface area contributed by atoms with Gasteiger partial charge in [0.05, 0.1) is 23.1 Å². The number of aryl methyl sites for hydroxylation is 1. The maximum Gasteiger partial charge on any atom is 0.338 e. The highest BCUT2D eigenvalue weighted by Gasteiger charge is 2.18. The third-order valence-electron chi connectivity index (χ3n) is 4.50. The molecule has 0 aliphatic rings. The van der Waals surface area contributed by atoms with Crippen molar-refractivity contribution in [2.75, 3.05) is 18.4 Å². The number of Topliss-reactive ketones (excluding diaryl/α,β-unsaturated/α-hetero) is 1. The molecule has 0 fully saturated rings. The van der Waals surface area contributed by atoms with Gasteiger partial charge in [-0.2, -0.15) is 0 Å². The lowest BCUT2D eigenvalue weighted by Gasteiger charge is -2.10. The highest BCUT2D eigenvalue weighted by Crippen LogP contribution is 2.21. The van der Waals surface area contributed by atoms with Gasteiger partial charge < -0.3 is 9.47 Å². The van der Waals surface area contributed by atoms with Crippen LogP contribution in [-0.2, 0) is 14.8 Å². The Morgan fingerprint density at radius 2 is 1.62 bits per heavy atom. The maximum absolute atomic E-state index is 13.4. The van der Waals surface area contributed by atoms with E-state index in [4.69, 9.17) is 9.47 Å². The maximum atomic E-state index is 13.4. The van der Waals surface area contributed by atoms with Crippen LogP contribution < -0.4 is 9.46 Å². The lowest BCUT2D eigenvalue weighted by atomic mass is 10.1. The van der Waals surface area contributed by atoms with Crippen LogP contribution in [0.5, 0.6) is 5.75 Å². The molecule has 0 unspecified atom stereocenters. The Morgan fingerprint density at radius 1 is 0.969 bits per heavy atom. The first-order valence-electron chi connectivity index (χ1n) is 9.43. The summed E-state index contributed by atoms with van der Waals surface area (Å²) in [7, 11) is -2.52. The number of hydrogen-bond acceptors (Lipinski definition) is 6. The number of sulfonamides is 1. The number of methoxy groups -OCH3 is 1. The van der Waals surface area contributed by atoms with Gasteiger partial charge in [-0.3, -0.25) is 9.52 Å². The molecular formula is C23H20FNO6S. The number of benzene rings is 3. The minimum atomic E-state index is -3.85. The van der Waals surface area contributed by atoms with Gasteiger partial charge in [0.1, 0.15) is 11.6 Å². The van der Waals surface area contributed by atoms with Crippen molar-refractivity contribution in [1.82, 2.24) is 0 Å². The van der Waals surface area contributed by atoms with Crippen molar-refractivity contribution < 1.29 is 31.9 Å². The average molecular weight is 457 g/mol. The van der Waals surface area contributed by atoms with Crippen LogP contribution in [0.25, 0.3) is 0 Å². The number of nitrogens with one attached hydrogen (secondary N) is 1. The summed E-state index contributed by atoms with van der Waals surface area (Å²) in [6.45, 7) is 1.26. The minimum absolute atomic E-state index is 0.0461. The van der Waals surface area contributed by atoms with Crippen LogP contribution in [0.2, 0.25) is 0 Å². The lowest BCUT2D eigenvalue weighted by Crippen LogP contribution is -2.16. The van der Waals surface area contributed by atoms with Crippen molar-refractivity contribution >= 4 is 27.5 Å². The number of hydrogen-bond donors (Lipinski definition) is 1. The molecule has 3 aromatic carbocycles. The Bertz CT molecular complexity index is 1240. The molecule has 3 rings (SSSR count). The van der Waals surface area contributed by atoms with Crippen LogP contribution in [0.1, 0.15) is 26.3 Å². The van der Waals surface area contributed by atoms with Gasteiger partial charge in [-0.1, -0.05) is 17.7 Å². The summed E-state index contributed by atoms with van der Waals surface area (Å²) in [5, 5.41) is 0. The average Bonchev–Trinajstić information content (AvgIpc) is 2.78. The summed E-state index contributed by atoms with van der Waals surface area (Å²) >= 11 is 0. The first-order chi connectivity index (χ1) is 15.2. The van der Waals surface area contributed by atoms with Crippen molar-refractivity contribution in [3.05, 3.63) is 89.2 Å². The van der Waals surface area contributed by atoms with Gasteiger partial charge in [0, 0.05) is 5.69 Å². The predicted molar refractivity (Wildman–Crippen MR) is 116 cm³/mol. The van der Waals surface area contributed by atoms with Crippen molar-refractivity contribution in [2.24, 2.45) is 0 Å². The van der Waals surface area contributed by atoms with E-state index in [1.54, 1.807) is 24.3 Å². The number of carbonyl (C=O) groups excluding carboxylic acids is 2. The summed E-state index contributed by atoms with van der Waals surface area (Å²) in [5.41, 5.74) is 1.40. The molecule has 9 heteroatoms.